The largest absolute Gasteiger partial charge is 0.507 e. The lowest BCUT2D eigenvalue weighted by atomic mass is 9.67. The van der Waals surface area contributed by atoms with Crippen molar-refractivity contribution in [2.75, 3.05) is 0 Å². The van der Waals surface area contributed by atoms with E-state index >= 15 is 0 Å². The molecular formula is C56H42O8. The minimum atomic E-state index is -1.06. The van der Waals surface area contributed by atoms with Crippen molar-refractivity contribution >= 4 is 43.1 Å². The van der Waals surface area contributed by atoms with Crippen molar-refractivity contribution in [3.8, 4) is 57.1 Å². The second kappa shape index (κ2) is 14.6. The van der Waals surface area contributed by atoms with E-state index in [1.165, 1.54) is 0 Å². The van der Waals surface area contributed by atoms with Crippen LogP contribution in [0.3, 0.4) is 0 Å². The molecule has 0 fully saturated rings. The molecule has 8 N–H and O–H groups in total. The second-order valence-electron chi connectivity index (χ2n) is 16.7. The molecule has 0 radical (unpaired) electrons. The van der Waals surface area contributed by atoms with E-state index in [-0.39, 0.29) is 46.0 Å². The van der Waals surface area contributed by atoms with Gasteiger partial charge in [-0.1, -0.05) is 121 Å². The minimum Gasteiger partial charge on any atom is -0.507 e. The van der Waals surface area contributed by atoms with E-state index in [9.17, 15) is 40.9 Å². The van der Waals surface area contributed by atoms with Gasteiger partial charge in [0.15, 0.2) is 0 Å². The lowest BCUT2D eigenvalue weighted by molar-refractivity contribution is 0.472. The van der Waals surface area contributed by atoms with Crippen LogP contribution in [0.1, 0.15) is 47.2 Å². The standard InChI is InChI=1S/C56H42O8/c1-55(39-23-27-43(57)35-7-3-11-47(61)51(35)39,40-24-28-44(58)36-8-4-12-48(62)52(36)40)33-19-15-31(16-20-33)32-17-21-34(22-18-32)56(2,41-25-29-45(59)37-9-5-13-49(63)53(37)41)42-26-30-46(60)38-10-6-14-50(64)54(38)42/h3-30,57-64H,1-2H3. The van der Waals surface area contributed by atoms with Crippen molar-refractivity contribution < 1.29 is 40.9 Å². The Hall–Kier alpha value is -8.36. The zero-order valence-electron chi connectivity index (χ0n) is 34.7. The summed E-state index contributed by atoms with van der Waals surface area (Å²) in [6, 6.07) is 49.6. The Kier molecular flexibility index (Phi) is 9.09. The molecule has 0 bridgehead atoms. The van der Waals surface area contributed by atoms with Gasteiger partial charge in [0, 0.05) is 53.9 Å². The second-order valence-corrected chi connectivity index (χ2v) is 16.7. The van der Waals surface area contributed by atoms with Crippen LogP contribution in [0.5, 0.6) is 46.0 Å². The topological polar surface area (TPSA) is 162 Å². The van der Waals surface area contributed by atoms with Gasteiger partial charge < -0.3 is 40.9 Å². The Labute approximate surface area is 367 Å². The third-order valence-corrected chi connectivity index (χ3v) is 13.4. The van der Waals surface area contributed by atoms with Gasteiger partial charge >= 0.3 is 0 Å². The molecule has 10 rings (SSSR count). The van der Waals surface area contributed by atoms with E-state index < -0.39 is 10.8 Å². The number of phenols is 8. The predicted octanol–water partition coefficient (Wildman–Crippen LogP) is 12.3. The van der Waals surface area contributed by atoms with Crippen LogP contribution in [-0.2, 0) is 10.8 Å². The van der Waals surface area contributed by atoms with E-state index in [4.69, 9.17) is 0 Å². The molecule has 0 saturated carbocycles. The van der Waals surface area contributed by atoms with Crippen molar-refractivity contribution in [2.45, 2.75) is 24.7 Å². The first-order valence-corrected chi connectivity index (χ1v) is 20.8. The summed E-state index contributed by atoms with van der Waals surface area (Å²) in [4.78, 5) is 0. The summed E-state index contributed by atoms with van der Waals surface area (Å²) in [7, 11) is 0. The van der Waals surface area contributed by atoms with Crippen LogP contribution in [-0.4, -0.2) is 40.9 Å². The van der Waals surface area contributed by atoms with Crippen molar-refractivity contribution in [3.63, 3.8) is 0 Å². The normalized spacial score (nSPS) is 12.1. The maximum atomic E-state index is 11.4. The molecule has 0 amide bonds. The molecular weight excluding hydrogens is 801 g/mol. The first kappa shape index (κ1) is 39.8. The fourth-order valence-electron chi connectivity index (χ4n) is 10.1. The van der Waals surface area contributed by atoms with E-state index in [1.807, 2.05) is 62.4 Å². The SMILES string of the molecule is CC(c1ccc(-c2ccc(C(C)(c3ccc(O)c4cccc(O)c34)c3ccc(O)c4cccc(O)c34)cc2)cc1)(c1ccc(O)c2cccc(O)c12)c1ccc(O)c2cccc(O)c12. The molecule has 10 aromatic carbocycles. The van der Waals surface area contributed by atoms with Gasteiger partial charge in [-0.15, -0.1) is 0 Å². The highest BCUT2D eigenvalue weighted by molar-refractivity contribution is 6.02. The first-order chi connectivity index (χ1) is 30.8. The molecule has 0 atom stereocenters. The third kappa shape index (κ3) is 5.83. The van der Waals surface area contributed by atoms with Crippen molar-refractivity contribution in [1.82, 2.24) is 0 Å². The molecule has 0 aromatic heterocycles. The zero-order valence-corrected chi connectivity index (χ0v) is 34.7. The van der Waals surface area contributed by atoms with Crippen LogP contribution < -0.4 is 0 Å². The average molecular weight is 843 g/mol. The molecule has 8 nitrogen and oxygen atoms in total. The highest BCUT2D eigenvalue weighted by Crippen LogP contribution is 2.52. The highest BCUT2D eigenvalue weighted by Gasteiger charge is 2.38. The van der Waals surface area contributed by atoms with Gasteiger partial charge in [0.25, 0.3) is 0 Å². The van der Waals surface area contributed by atoms with Crippen LogP contribution in [0.25, 0.3) is 54.2 Å². The number of hydrogen-bond acceptors (Lipinski definition) is 8. The smallest absolute Gasteiger partial charge is 0.123 e. The van der Waals surface area contributed by atoms with Crippen LogP contribution in [0, 0.1) is 0 Å². The molecule has 10 aromatic rings. The Morgan fingerprint density at radius 1 is 0.250 bits per heavy atom. The minimum absolute atomic E-state index is 0.0103. The summed E-state index contributed by atoms with van der Waals surface area (Å²) in [5.74, 6) is -0.0268. The lowest BCUT2D eigenvalue weighted by Gasteiger charge is -2.35. The molecule has 0 spiro atoms. The first-order valence-electron chi connectivity index (χ1n) is 20.8. The molecule has 0 aliphatic rings. The number of rotatable bonds is 7. The van der Waals surface area contributed by atoms with Gasteiger partial charge in [-0.3, -0.25) is 0 Å². The van der Waals surface area contributed by atoms with Crippen LogP contribution in [0.4, 0.5) is 0 Å². The zero-order chi connectivity index (χ0) is 44.7. The van der Waals surface area contributed by atoms with E-state index in [0.717, 1.165) is 22.3 Å². The van der Waals surface area contributed by atoms with Gasteiger partial charge in [-0.25, -0.2) is 0 Å². The summed E-state index contributed by atoms with van der Waals surface area (Å²) >= 11 is 0. The van der Waals surface area contributed by atoms with Gasteiger partial charge in [0.2, 0.25) is 0 Å². The summed E-state index contributed by atoms with van der Waals surface area (Å²) in [6.45, 7) is 4.01. The molecule has 0 heterocycles. The maximum absolute atomic E-state index is 11.4. The fourth-order valence-corrected chi connectivity index (χ4v) is 10.1. The number of phenolic OH excluding ortho intramolecular Hbond substituents is 8. The van der Waals surface area contributed by atoms with Crippen molar-refractivity contribution in [2.24, 2.45) is 0 Å². The van der Waals surface area contributed by atoms with Gasteiger partial charge in [-0.2, -0.15) is 0 Å². The molecule has 314 valence electrons. The van der Waals surface area contributed by atoms with Crippen LogP contribution in [0.15, 0.2) is 170 Å². The molecule has 64 heavy (non-hydrogen) atoms. The monoisotopic (exact) mass is 842 g/mol. The van der Waals surface area contributed by atoms with Crippen molar-refractivity contribution in [1.29, 1.82) is 0 Å². The molecule has 8 heteroatoms. The van der Waals surface area contributed by atoms with Crippen LogP contribution in [0.2, 0.25) is 0 Å². The Morgan fingerprint density at radius 2 is 0.484 bits per heavy atom. The highest BCUT2D eigenvalue weighted by atomic mass is 16.3. The van der Waals surface area contributed by atoms with E-state index in [2.05, 4.69) is 0 Å². The summed E-state index contributed by atoms with van der Waals surface area (Å²) in [6.07, 6.45) is 0. The lowest BCUT2D eigenvalue weighted by Crippen LogP contribution is -2.26. The van der Waals surface area contributed by atoms with Crippen molar-refractivity contribution in [3.05, 3.63) is 203 Å². The number of aromatic hydroxyl groups is 8. The number of benzene rings is 10. The number of fused-ring (bicyclic) bond motifs is 4. The Bertz CT molecular complexity index is 3090. The average Bonchev–Trinajstić information content (AvgIpc) is 3.30. The molecule has 0 aliphatic heterocycles. The summed E-state index contributed by atoms with van der Waals surface area (Å²) in [5.41, 5.74) is 3.96. The third-order valence-electron chi connectivity index (χ3n) is 13.4. The fraction of sp³-hybridized carbons (Fsp3) is 0.0714. The van der Waals surface area contributed by atoms with E-state index in [0.29, 0.717) is 65.3 Å². The van der Waals surface area contributed by atoms with E-state index in [1.54, 1.807) is 121 Å². The molecule has 0 unspecified atom stereocenters. The van der Waals surface area contributed by atoms with Gasteiger partial charge in [0.05, 0.1) is 0 Å². The van der Waals surface area contributed by atoms with Gasteiger partial charge in [0.1, 0.15) is 46.0 Å². The maximum Gasteiger partial charge on any atom is 0.123 e. The predicted molar refractivity (Wildman–Crippen MR) is 252 cm³/mol. The van der Waals surface area contributed by atoms with Gasteiger partial charge in [-0.05, 0) is 107 Å². The summed E-state index contributed by atoms with van der Waals surface area (Å²) in [5, 5.41) is 93.0. The Morgan fingerprint density at radius 3 is 0.719 bits per heavy atom. The number of hydrogen-bond donors (Lipinski definition) is 8. The summed E-state index contributed by atoms with van der Waals surface area (Å²) < 4.78 is 0. The van der Waals surface area contributed by atoms with Crippen LogP contribution >= 0.6 is 0 Å². The Balaban J connectivity index is 1.15. The quantitative estimate of drug-likeness (QED) is 0.0736. The molecule has 0 aliphatic carbocycles. The molecule has 0 saturated heterocycles.